The quantitative estimate of drug-likeness (QED) is 0.205. The molecule has 0 bridgehead atoms. The topological polar surface area (TPSA) is 107 Å². The minimum atomic E-state index is -0.0654. The molecular weight excluding hydrogens is 478 g/mol. The normalized spacial score (nSPS) is 15.9. The van der Waals surface area contributed by atoms with Gasteiger partial charge in [0.1, 0.15) is 5.75 Å². The number of benzene rings is 1. The molecule has 208 valence electrons. The predicted octanol–water partition coefficient (Wildman–Crippen LogP) is 6.38. The number of unbranched alkanes of at least 4 members (excludes halogenated alkanes) is 6. The molecule has 3 N–H and O–H groups in total. The van der Waals surface area contributed by atoms with Crippen LogP contribution >= 0.6 is 0 Å². The maximum Gasteiger partial charge on any atom is 0.233 e. The van der Waals surface area contributed by atoms with Crippen LogP contribution in [-0.4, -0.2) is 52.1 Å². The van der Waals surface area contributed by atoms with Crippen LogP contribution in [0, 0.1) is 0 Å². The van der Waals surface area contributed by atoms with Crippen molar-refractivity contribution in [1.29, 1.82) is 0 Å². The van der Waals surface area contributed by atoms with E-state index in [9.17, 15) is 9.90 Å². The van der Waals surface area contributed by atoms with Gasteiger partial charge in [-0.1, -0.05) is 45.4 Å². The van der Waals surface area contributed by atoms with Gasteiger partial charge in [0.05, 0.1) is 5.69 Å². The summed E-state index contributed by atoms with van der Waals surface area (Å²) in [4.78, 5) is 31.1. The second-order valence-electron chi connectivity index (χ2n) is 10.6. The van der Waals surface area contributed by atoms with Crippen LogP contribution in [0.15, 0.2) is 18.2 Å². The molecule has 38 heavy (non-hydrogen) atoms. The van der Waals surface area contributed by atoms with E-state index in [2.05, 4.69) is 27.4 Å². The van der Waals surface area contributed by atoms with Crippen molar-refractivity contribution < 1.29 is 9.90 Å². The van der Waals surface area contributed by atoms with E-state index in [0.29, 0.717) is 35.6 Å². The Morgan fingerprint density at radius 3 is 1.97 bits per heavy atom. The lowest BCUT2D eigenvalue weighted by Gasteiger charge is -2.30. The van der Waals surface area contributed by atoms with E-state index in [0.717, 1.165) is 64.7 Å². The third-order valence-corrected chi connectivity index (χ3v) is 7.42. The maximum atomic E-state index is 12.4. The number of phenolic OH excluding ortho intramolecular Hbond substituents is 1. The van der Waals surface area contributed by atoms with Crippen molar-refractivity contribution in [2.24, 2.45) is 0 Å². The van der Waals surface area contributed by atoms with Gasteiger partial charge in [-0.15, -0.1) is 0 Å². The van der Waals surface area contributed by atoms with E-state index in [1.54, 1.807) is 12.1 Å². The molecule has 3 heterocycles. The van der Waals surface area contributed by atoms with Crippen LogP contribution in [0.2, 0.25) is 0 Å². The third kappa shape index (κ3) is 8.46. The summed E-state index contributed by atoms with van der Waals surface area (Å²) in [6, 6.07) is 5.15. The minimum absolute atomic E-state index is 0.0180. The monoisotopic (exact) mass is 523 g/mol. The fraction of sp³-hybridized carbons (Fsp3) is 0.655. The number of nitrogens with zero attached hydrogens (tertiary/aromatic N) is 5. The fourth-order valence-corrected chi connectivity index (χ4v) is 5.18. The second kappa shape index (κ2) is 14.7. The number of hydrogen-bond acceptors (Lipinski definition) is 8. The molecule has 0 atom stereocenters. The van der Waals surface area contributed by atoms with Crippen LogP contribution in [0.25, 0.3) is 0 Å². The van der Waals surface area contributed by atoms with Crippen LogP contribution in [-0.2, 0) is 4.79 Å². The van der Waals surface area contributed by atoms with E-state index in [1.165, 1.54) is 44.9 Å². The van der Waals surface area contributed by atoms with Gasteiger partial charge in [0.2, 0.25) is 23.8 Å². The van der Waals surface area contributed by atoms with Gasteiger partial charge in [-0.25, -0.2) is 0 Å². The van der Waals surface area contributed by atoms with E-state index in [4.69, 9.17) is 15.0 Å². The lowest BCUT2D eigenvalue weighted by Crippen LogP contribution is -2.34. The first-order chi connectivity index (χ1) is 18.6. The molecule has 9 nitrogen and oxygen atoms in total. The summed E-state index contributed by atoms with van der Waals surface area (Å²) < 4.78 is 0. The lowest BCUT2D eigenvalue weighted by molar-refractivity contribution is -0.116. The number of phenols is 1. The molecule has 2 aliphatic rings. The van der Waals surface area contributed by atoms with E-state index < -0.39 is 0 Å². The molecule has 2 fully saturated rings. The van der Waals surface area contributed by atoms with Crippen molar-refractivity contribution in [3.63, 3.8) is 0 Å². The average Bonchev–Trinajstić information content (AvgIpc) is 2.95. The number of aromatic hydroxyl groups is 1. The molecule has 2 aliphatic heterocycles. The van der Waals surface area contributed by atoms with Crippen molar-refractivity contribution in [2.45, 2.75) is 96.8 Å². The Kier molecular flexibility index (Phi) is 10.8. The summed E-state index contributed by atoms with van der Waals surface area (Å²) in [6.07, 6.45) is 15.7. The van der Waals surface area contributed by atoms with Crippen molar-refractivity contribution in [3.05, 3.63) is 18.2 Å². The molecule has 4 rings (SSSR count). The molecule has 2 aromatic rings. The SMILES string of the molecule is CCCCCCCCCC(=O)Nc1ccc(Nc2nc(N3CCCCC3)nc(N3CCCCC3)n2)cc1O. The first kappa shape index (κ1) is 27.9. The van der Waals surface area contributed by atoms with Crippen LogP contribution in [0.1, 0.15) is 96.8 Å². The number of anilines is 5. The van der Waals surface area contributed by atoms with Gasteiger partial charge in [0.25, 0.3) is 0 Å². The van der Waals surface area contributed by atoms with Gasteiger partial charge < -0.3 is 25.5 Å². The number of aromatic nitrogens is 3. The second-order valence-corrected chi connectivity index (χ2v) is 10.6. The van der Waals surface area contributed by atoms with Crippen LogP contribution < -0.4 is 20.4 Å². The predicted molar refractivity (Wildman–Crippen MR) is 155 cm³/mol. The molecular formula is C29H45N7O2. The highest BCUT2D eigenvalue weighted by atomic mass is 16.3. The Morgan fingerprint density at radius 1 is 0.816 bits per heavy atom. The number of carbonyl (C=O) groups excluding carboxylic acids is 1. The molecule has 1 aromatic heterocycles. The zero-order chi connectivity index (χ0) is 26.6. The van der Waals surface area contributed by atoms with Crippen molar-refractivity contribution in [3.8, 4) is 5.75 Å². The molecule has 0 aliphatic carbocycles. The number of nitrogens with one attached hydrogen (secondary N) is 2. The molecule has 0 unspecified atom stereocenters. The Bertz CT molecular complexity index is 984. The number of hydrogen-bond donors (Lipinski definition) is 3. The summed E-state index contributed by atoms with van der Waals surface area (Å²) in [5.41, 5.74) is 1.08. The Balaban J connectivity index is 1.37. The molecule has 1 aromatic carbocycles. The molecule has 0 saturated carbocycles. The summed E-state index contributed by atoms with van der Waals surface area (Å²) >= 11 is 0. The number of rotatable bonds is 13. The molecule has 0 radical (unpaired) electrons. The van der Waals surface area contributed by atoms with Crippen molar-refractivity contribution >= 4 is 35.1 Å². The standard InChI is InChI=1S/C29H45N7O2/c1-2-3-4-5-6-7-10-15-26(38)31-24-17-16-23(22-25(24)37)30-27-32-28(35-18-11-8-12-19-35)34-29(33-27)36-20-13-9-14-21-36/h16-17,22,37H,2-15,18-21H2,1H3,(H,31,38)(H,30,32,33,34). The Labute approximate surface area is 227 Å². The van der Waals surface area contributed by atoms with Crippen molar-refractivity contribution in [2.75, 3.05) is 46.6 Å². The van der Waals surface area contributed by atoms with Crippen LogP contribution in [0.4, 0.5) is 29.2 Å². The van der Waals surface area contributed by atoms with Gasteiger partial charge in [0.15, 0.2) is 0 Å². The minimum Gasteiger partial charge on any atom is -0.506 e. The lowest BCUT2D eigenvalue weighted by atomic mass is 10.1. The maximum absolute atomic E-state index is 12.4. The first-order valence-electron chi connectivity index (χ1n) is 14.8. The number of amides is 1. The van der Waals surface area contributed by atoms with Crippen LogP contribution in [0.3, 0.4) is 0 Å². The van der Waals surface area contributed by atoms with Gasteiger partial charge in [-0.05, 0) is 57.1 Å². The molecule has 2 saturated heterocycles. The highest BCUT2D eigenvalue weighted by molar-refractivity contribution is 5.92. The summed E-state index contributed by atoms with van der Waals surface area (Å²) in [5.74, 6) is 1.84. The first-order valence-corrected chi connectivity index (χ1v) is 14.8. The fourth-order valence-electron chi connectivity index (χ4n) is 5.18. The number of piperidine rings is 2. The molecule has 9 heteroatoms. The molecule has 0 spiro atoms. The average molecular weight is 524 g/mol. The molecule has 1 amide bonds. The highest BCUT2D eigenvalue weighted by Crippen LogP contribution is 2.29. The smallest absolute Gasteiger partial charge is 0.233 e. The van der Waals surface area contributed by atoms with Crippen molar-refractivity contribution in [1.82, 2.24) is 15.0 Å². The van der Waals surface area contributed by atoms with E-state index in [1.807, 2.05) is 6.07 Å². The van der Waals surface area contributed by atoms with E-state index >= 15 is 0 Å². The van der Waals surface area contributed by atoms with Gasteiger partial charge in [-0.2, -0.15) is 15.0 Å². The van der Waals surface area contributed by atoms with Crippen LogP contribution in [0.5, 0.6) is 5.75 Å². The largest absolute Gasteiger partial charge is 0.506 e. The summed E-state index contributed by atoms with van der Waals surface area (Å²) in [6.45, 7) is 6.04. The van der Waals surface area contributed by atoms with Gasteiger partial charge in [0, 0.05) is 44.4 Å². The summed E-state index contributed by atoms with van der Waals surface area (Å²) in [5, 5.41) is 16.7. The van der Waals surface area contributed by atoms with Gasteiger partial charge >= 0.3 is 0 Å². The zero-order valence-corrected chi connectivity index (χ0v) is 23.1. The van der Waals surface area contributed by atoms with E-state index in [-0.39, 0.29) is 11.7 Å². The Morgan fingerprint density at radius 2 is 1.39 bits per heavy atom. The van der Waals surface area contributed by atoms with Gasteiger partial charge in [-0.3, -0.25) is 4.79 Å². The highest BCUT2D eigenvalue weighted by Gasteiger charge is 2.20. The Hall–Kier alpha value is -3.10. The third-order valence-electron chi connectivity index (χ3n) is 7.42. The zero-order valence-electron chi connectivity index (χ0n) is 23.1. The summed E-state index contributed by atoms with van der Waals surface area (Å²) in [7, 11) is 0. The number of carbonyl (C=O) groups is 1.